The number of allylic oxidation sites excluding steroid dienone is 2. The SMILES string of the molecule is C/C=C1/C(/C=c2\[nH]/c(=C\C3CN4C(=O)C(CC)=C(C)C4=Cc4cc(C)c(CCC(=O)O)n43)c(CCC(=O)O)c2C)=NC(=O)C1C. The molecule has 236 valence electrons. The van der Waals surface area contributed by atoms with Gasteiger partial charge >= 0.3 is 11.9 Å². The van der Waals surface area contributed by atoms with Gasteiger partial charge in [-0.1, -0.05) is 13.0 Å². The molecule has 2 aromatic heterocycles. The number of amides is 2. The van der Waals surface area contributed by atoms with Crippen molar-refractivity contribution >= 4 is 47.7 Å². The van der Waals surface area contributed by atoms with Crippen molar-refractivity contribution in [1.29, 1.82) is 0 Å². The van der Waals surface area contributed by atoms with Crippen molar-refractivity contribution in [2.24, 2.45) is 10.9 Å². The molecule has 10 nitrogen and oxygen atoms in total. The Bertz CT molecular complexity index is 1880. The summed E-state index contributed by atoms with van der Waals surface area (Å²) in [5, 5.41) is 20.5. The standard InChI is InChI=1S/C35H40N4O6/c1-7-24-21(6)34(44)37-29(24)16-27-19(4)26(9-11-32(40)41)28(36-27)14-23-17-38-31(20(5)25(8-2)35(38)45)15-22-13-18(3)30(39(22)23)10-12-33(42)43/h7,13-16,21,23,36H,8-12,17H2,1-6H3,(H,40,41)(H,42,43)/b24-7+,27-16-,28-14-. The van der Waals surface area contributed by atoms with Gasteiger partial charge in [-0.2, -0.15) is 0 Å². The van der Waals surface area contributed by atoms with Crippen LogP contribution in [0.15, 0.2) is 39.6 Å². The van der Waals surface area contributed by atoms with Gasteiger partial charge in [-0.3, -0.25) is 19.2 Å². The number of rotatable bonds is 9. The maximum Gasteiger partial charge on any atom is 0.303 e. The molecular formula is C35H40N4O6. The van der Waals surface area contributed by atoms with Gasteiger partial charge in [-0.25, -0.2) is 4.99 Å². The van der Waals surface area contributed by atoms with Crippen LogP contribution >= 0.6 is 0 Å². The highest BCUT2D eigenvalue weighted by molar-refractivity contribution is 6.29. The third-order valence-electron chi connectivity index (χ3n) is 9.29. The summed E-state index contributed by atoms with van der Waals surface area (Å²) in [6.45, 7) is 11.9. The summed E-state index contributed by atoms with van der Waals surface area (Å²) in [6.07, 6.45) is 8.88. The van der Waals surface area contributed by atoms with Gasteiger partial charge in [0.25, 0.3) is 11.8 Å². The molecule has 45 heavy (non-hydrogen) atoms. The quantitative estimate of drug-likeness (QED) is 0.393. The number of aliphatic imine (C=N–C) groups is 1. The van der Waals surface area contributed by atoms with E-state index >= 15 is 0 Å². The predicted octanol–water partition coefficient (Wildman–Crippen LogP) is 3.76. The molecule has 0 aliphatic carbocycles. The summed E-state index contributed by atoms with van der Waals surface area (Å²) in [7, 11) is 0. The zero-order chi connectivity index (χ0) is 32.7. The van der Waals surface area contributed by atoms with Crippen LogP contribution in [-0.2, 0) is 32.0 Å². The number of aryl methyl sites for hydroxylation is 1. The van der Waals surface area contributed by atoms with Crippen LogP contribution in [0.4, 0.5) is 0 Å². The number of nitrogens with zero attached hydrogens (tertiary/aromatic N) is 3. The zero-order valence-electron chi connectivity index (χ0n) is 26.7. The van der Waals surface area contributed by atoms with Crippen molar-refractivity contribution in [2.45, 2.75) is 79.7 Å². The Kier molecular flexibility index (Phi) is 8.69. The highest BCUT2D eigenvalue weighted by Crippen LogP contribution is 2.38. The van der Waals surface area contributed by atoms with Gasteiger partial charge in [0, 0.05) is 39.8 Å². The molecule has 2 atom stereocenters. The lowest BCUT2D eigenvalue weighted by Gasteiger charge is -2.25. The van der Waals surface area contributed by atoms with Crippen molar-refractivity contribution in [3.8, 4) is 0 Å². The summed E-state index contributed by atoms with van der Waals surface area (Å²) in [5.74, 6) is -2.37. The highest BCUT2D eigenvalue weighted by atomic mass is 16.4. The second-order valence-electron chi connectivity index (χ2n) is 12.0. The molecule has 0 saturated heterocycles. The first-order chi connectivity index (χ1) is 21.4. The second kappa shape index (κ2) is 12.3. The molecule has 0 saturated carbocycles. The third-order valence-corrected chi connectivity index (χ3v) is 9.29. The summed E-state index contributed by atoms with van der Waals surface area (Å²) in [6, 6.07) is 1.65. The fourth-order valence-corrected chi connectivity index (χ4v) is 6.87. The Morgan fingerprint density at radius 2 is 1.78 bits per heavy atom. The molecule has 5 rings (SSSR count). The third kappa shape index (κ3) is 5.77. The molecule has 2 aromatic rings. The van der Waals surface area contributed by atoms with Crippen LogP contribution in [0, 0.1) is 19.8 Å². The van der Waals surface area contributed by atoms with Crippen molar-refractivity contribution < 1.29 is 29.4 Å². The lowest BCUT2D eigenvalue weighted by atomic mass is 9.99. The minimum absolute atomic E-state index is 0.0334. The molecule has 0 bridgehead atoms. The Morgan fingerprint density at radius 3 is 2.42 bits per heavy atom. The Morgan fingerprint density at radius 1 is 1.09 bits per heavy atom. The maximum absolute atomic E-state index is 13.6. The monoisotopic (exact) mass is 612 g/mol. The van der Waals surface area contributed by atoms with Crippen LogP contribution in [0.3, 0.4) is 0 Å². The van der Waals surface area contributed by atoms with E-state index in [-0.39, 0.29) is 43.0 Å². The Balaban J connectivity index is 1.72. The molecule has 0 radical (unpaired) electrons. The number of carbonyl (C=O) groups is 4. The fraction of sp³-hybridized carbons (Fsp3) is 0.400. The van der Waals surface area contributed by atoms with Gasteiger partial charge in [-0.05, 0) is 106 Å². The predicted molar refractivity (Wildman–Crippen MR) is 172 cm³/mol. The number of nitrogens with one attached hydrogen (secondary N) is 1. The maximum atomic E-state index is 13.6. The number of fused-ring (bicyclic) bond motifs is 2. The van der Waals surface area contributed by atoms with E-state index in [2.05, 4.69) is 14.5 Å². The van der Waals surface area contributed by atoms with Gasteiger partial charge in [0.05, 0.1) is 30.6 Å². The van der Waals surface area contributed by atoms with Gasteiger partial charge in [0.15, 0.2) is 0 Å². The van der Waals surface area contributed by atoms with Crippen LogP contribution in [-0.4, -0.2) is 60.7 Å². The molecule has 10 heteroatoms. The van der Waals surface area contributed by atoms with Crippen molar-refractivity contribution in [3.63, 3.8) is 0 Å². The number of carbonyl (C=O) groups excluding carboxylic acids is 2. The molecule has 2 unspecified atom stereocenters. The number of hydrogen-bond donors (Lipinski definition) is 3. The summed E-state index contributed by atoms with van der Waals surface area (Å²) < 4.78 is 2.12. The first-order valence-electron chi connectivity index (χ1n) is 15.4. The van der Waals surface area contributed by atoms with Crippen LogP contribution in [0.25, 0.3) is 18.2 Å². The molecule has 0 fully saturated rings. The largest absolute Gasteiger partial charge is 0.481 e. The van der Waals surface area contributed by atoms with Gasteiger partial charge in [-0.15, -0.1) is 0 Å². The van der Waals surface area contributed by atoms with Crippen molar-refractivity contribution in [3.05, 3.63) is 73.3 Å². The Labute approximate surface area is 261 Å². The number of H-pyrrole nitrogens is 1. The fourth-order valence-electron chi connectivity index (χ4n) is 6.87. The first-order valence-corrected chi connectivity index (χ1v) is 15.4. The topological polar surface area (TPSA) is 145 Å². The van der Waals surface area contributed by atoms with Crippen molar-refractivity contribution in [2.75, 3.05) is 6.54 Å². The first kappa shape index (κ1) is 31.7. The van der Waals surface area contributed by atoms with Crippen LogP contribution in [0.1, 0.15) is 81.1 Å². The molecule has 2 amide bonds. The molecule has 3 aliphatic rings. The lowest BCUT2D eigenvalue weighted by molar-refractivity contribution is -0.138. The number of carboxylic acid groups (broad SMARTS) is 2. The zero-order valence-corrected chi connectivity index (χ0v) is 26.7. The van der Waals surface area contributed by atoms with Gasteiger partial charge in [0.1, 0.15) is 0 Å². The molecule has 0 spiro atoms. The van der Waals surface area contributed by atoms with Gasteiger partial charge < -0.3 is 24.7 Å². The summed E-state index contributed by atoms with van der Waals surface area (Å²) in [4.78, 5) is 58.8. The van der Waals surface area contributed by atoms with E-state index < -0.39 is 11.9 Å². The summed E-state index contributed by atoms with van der Waals surface area (Å²) in [5.41, 5.74) is 8.39. The van der Waals surface area contributed by atoms with Gasteiger partial charge in [0.2, 0.25) is 0 Å². The normalized spacial score (nSPS) is 21.5. The number of aliphatic carboxylic acids is 2. The lowest BCUT2D eigenvalue weighted by Crippen LogP contribution is -2.32. The smallest absolute Gasteiger partial charge is 0.303 e. The molecule has 3 aliphatic heterocycles. The minimum atomic E-state index is -0.915. The van der Waals surface area contributed by atoms with E-state index in [9.17, 15) is 29.4 Å². The van der Waals surface area contributed by atoms with Crippen LogP contribution < -0.4 is 10.7 Å². The minimum Gasteiger partial charge on any atom is -0.481 e. The molecule has 3 N–H and O–H groups in total. The van der Waals surface area contributed by atoms with E-state index in [4.69, 9.17) is 0 Å². The highest BCUT2D eigenvalue weighted by Gasteiger charge is 2.36. The average Bonchev–Trinajstić information content (AvgIpc) is 3.58. The number of hydrogen-bond acceptors (Lipinski definition) is 4. The van der Waals surface area contributed by atoms with Crippen molar-refractivity contribution in [1.82, 2.24) is 14.5 Å². The second-order valence-corrected chi connectivity index (χ2v) is 12.0. The molecular weight excluding hydrogens is 572 g/mol. The van der Waals surface area contributed by atoms with Crippen LogP contribution in [0.5, 0.6) is 0 Å². The number of carboxylic acids is 2. The van der Waals surface area contributed by atoms with Crippen LogP contribution in [0.2, 0.25) is 0 Å². The van der Waals surface area contributed by atoms with E-state index in [0.717, 1.165) is 61.2 Å². The van der Waals surface area contributed by atoms with E-state index in [1.54, 1.807) is 4.90 Å². The average molecular weight is 613 g/mol. The molecule has 5 heterocycles. The molecule has 0 aromatic carbocycles. The van der Waals surface area contributed by atoms with E-state index in [0.29, 0.717) is 25.1 Å². The van der Waals surface area contributed by atoms with E-state index in [1.807, 2.05) is 71.9 Å². The number of aromatic amines is 1. The van der Waals surface area contributed by atoms with E-state index in [1.165, 1.54) is 0 Å². The number of aromatic nitrogens is 2. The Hall–Kier alpha value is -4.73. The summed E-state index contributed by atoms with van der Waals surface area (Å²) >= 11 is 0.